The van der Waals surface area contributed by atoms with E-state index in [4.69, 9.17) is 0 Å². The molecule has 40 heavy (non-hydrogen) atoms. The van der Waals surface area contributed by atoms with Gasteiger partial charge in [0.2, 0.25) is 0 Å². The molecule has 0 fully saturated rings. The van der Waals surface area contributed by atoms with Crippen molar-refractivity contribution >= 4 is 46.0 Å². The number of fused-ring (bicyclic) bond motifs is 6. The Bertz CT molecular complexity index is 1770. The van der Waals surface area contributed by atoms with Gasteiger partial charge in [0.1, 0.15) is 0 Å². The molecule has 0 amide bonds. The summed E-state index contributed by atoms with van der Waals surface area (Å²) < 4.78 is 0. The molecular formula is C26H12N4O10. The number of carbonyl (C=O) groups excluding carboxylic acids is 2. The molecule has 3 aromatic carbocycles. The highest BCUT2D eigenvalue weighted by atomic mass is 16.6. The van der Waals surface area contributed by atoms with Crippen LogP contribution >= 0.6 is 0 Å². The summed E-state index contributed by atoms with van der Waals surface area (Å²) in [7, 11) is 0. The molecular weight excluding hydrogens is 528 g/mol. The van der Waals surface area contributed by atoms with Crippen LogP contribution in [0, 0.1) is 40.5 Å². The van der Waals surface area contributed by atoms with Crippen LogP contribution in [-0.2, 0) is 4.79 Å². The van der Waals surface area contributed by atoms with Crippen LogP contribution < -0.4 is 0 Å². The third-order valence-electron chi connectivity index (χ3n) is 6.38. The topological polar surface area (TPSA) is 207 Å². The molecule has 0 aromatic heterocycles. The van der Waals surface area contributed by atoms with E-state index < -0.39 is 70.5 Å². The number of hydrogen-bond acceptors (Lipinski definition) is 10. The summed E-state index contributed by atoms with van der Waals surface area (Å²) in [6, 6.07) is 10.7. The molecule has 14 heteroatoms. The van der Waals surface area contributed by atoms with Crippen molar-refractivity contribution in [1.29, 1.82) is 0 Å². The van der Waals surface area contributed by atoms with Gasteiger partial charge in [0, 0.05) is 28.8 Å². The summed E-state index contributed by atoms with van der Waals surface area (Å²) in [4.78, 5) is 64.6. The smallest absolute Gasteiger partial charge is 0.285 e. The number of ketones is 2. The maximum Gasteiger partial charge on any atom is 0.285 e. The van der Waals surface area contributed by atoms with Gasteiger partial charge in [-0.1, -0.05) is 36.4 Å². The summed E-state index contributed by atoms with van der Waals surface area (Å²) in [5.74, 6) is -0.896. The fraction of sp³-hybridized carbons (Fsp3) is 0. The second-order valence-electron chi connectivity index (χ2n) is 8.58. The molecule has 0 saturated heterocycles. The Hall–Kier alpha value is -6.18. The first-order valence-electron chi connectivity index (χ1n) is 11.2. The first kappa shape index (κ1) is 25.5. The Labute approximate surface area is 221 Å². The minimum Gasteiger partial charge on any atom is -0.289 e. The van der Waals surface area contributed by atoms with E-state index in [1.165, 1.54) is 5.56 Å². The van der Waals surface area contributed by atoms with E-state index in [0.717, 1.165) is 28.8 Å². The maximum atomic E-state index is 12.5. The van der Waals surface area contributed by atoms with Crippen molar-refractivity contribution in [3.05, 3.63) is 135 Å². The molecule has 3 aromatic rings. The lowest BCUT2D eigenvalue weighted by Crippen LogP contribution is -2.00. The van der Waals surface area contributed by atoms with Crippen molar-refractivity contribution in [2.75, 3.05) is 0 Å². The van der Waals surface area contributed by atoms with Crippen molar-refractivity contribution in [3.8, 4) is 11.1 Å². The fourth-order valence-electron chi connectivity index (χ4n) is 4.70. The molecule has 0 radical (unpaired) electrons. The second-order valence-corrected chi connectivity index (χ2v) is 8.58. The van der Waals surface area contributed by atoms with Gasteiger partial charge in [-0.25, -0.2) is 0 Å². The Kier molecular flexibility index (Phi) is 5.91. The lowest BCUT2D eigenvalue weighted by molar-refractivity contribution is -0.395. The first-order chi connectivity index (χ1) is 19.0. The van der Waals surface area contributed by atoms with E-state index in [1.54, 1.807) is 6.08 Å². The first-order valence-corrected chi connectivity index (χ1v) is 11.2. The molecule has 0 bridgehead atoms. The molecule has 14 nitrogen and oxygen atoms in total. The third-order valence-corrected chi connectivity index (χ3v) is 6.38. The fourth-order valence-corrected chi connectivity index (χ4v) is 4.70. The minimum atomic E-state index is -1.01. The number of benzene rings is 3. The molecule has 0 atom stereocenters. The Morgan fingerprint density at radius 1 is 0.600 bits per heavy atom. The summed E-state index contributed by atoms with van der Waals surface area (Å²) in [5, 5.41) is 44.5. The molecule has 0 saturated carbocycles. The maximum absolute atomic E-state index is 12.5. The quantitative estimate of drug-likeness (QED) is 0.246. The highest BCUT2D eigenvalue weighted by Crippen LogP contribution is 2.49. The van der Waals surface area contributed by atoms with Gasteiger partial charge in [-0.05, 0) is 28.9 Å². The van der Waals surface area contributed by atoms with Crippen LogP contribution in [0.15, 0.2) is 72.3 Å². The SMILES string of the molecule is O=C1C=CC=C2C1=Cc1ccccc12.O=C1c2cc([N+](=O)[O-])cc([N+](=O)[O-])c2-c2c1cc([N+](=O)[O-])cc2[N+](=O)[O-]. The summed E-state index contributed by atoms with van der Waals surface area (Å²) in [6.45, 7) is 0. The van der Waals surface area contributed by atoms with Gasteiger partial charge in [0.05, 0.1) is 43.0 Å². The largest absolute Gasteiger partial charge is 0.289 e. The highest BCUT2D eigenvalue weighted by Gasteiger charge is 2.42. The van der Waals surface area contributed by atoms with E-state index in [9.17, 15) is 50.0 Å². The molecule has 3 aliphatic rings. The minimum absolute atomic E-state index is 0.110. The van der Waals surface area contributed by atoms with Gasteiger partial charge >= 0.3 is 0 Å². The number of carbonyl (C=O) groups is 2. The average molecular weight is 540 g/mol. The van der Waals surface area contributed by atoms with Crippen molar-refractivity contribution in [2.45, 2.75) is 0 Å². The second kappa shape index (κ2) is 9.29. The summed E-state index contributed by atoms with van der Waals surface area (Å²) >= 11 is 0. The number of nitro groups is 4. The Balaban J connectivity index is 0.000000192. The van der Waals surface area contributed by atoms with Crippen LogP contribution in [0.3, 0.4) is 0 Å². The lowest BCUT2D eigenvalue weighted by atomic mass is 9.96. The molecule has 0 aliphatic heterocycles. The lowest BCUT2D eigenvalue weighted by Gasteiger charge is -2.06. The predicted molar refractivity (Wildman–Crippen MR) is 138 cm³/mol. The number of rotatable bonds is 4. The van der Waals surface area contributed by atoms with Crippen molar-refractivity contribution in [3.63, 3.8) is 0 Å². The predicted octanol–water partition coefficient (Wildman–Crippen LogP) is 5.14. The van der Waals surface area contributed by atoms with Crippen LogP contribution in [0.1, 0.15) is 27.0 Å². The van der Waals surface area contributed by atoms with E-state index in [0.29, 0.717) is 12.1 Å². The van der Waals surface area contributed by atoms with Crippen LogP contribution in [-0.4, -0.2) is 31.3 Å². The van der Waals surface area contributed by atoms with Gasteiger partial charge in [0.25, 0.3) is 22.7 Å². The van der Waals surface area contributed by atoms with E-state index in [-0.39, 0.29) is 5.78 Å². The number of nitrogens with zero attached hydrogens (tertiary/aromatic N) is 4. The van der Waals surface area contributed by atoms with Crippen LogP contribution in [0.2, 0.25) is 0 Å². The normalized spacial score (nSPS) is 13.6. The molecule has 196 valence electrons. The number of nitro benzene ring substituents is 4. The number of non-ortho nitro benzene ring substituents is 2. The highest BCUT2D eigenvalue weighted by molar-refractivity contribution is 6.25. The average Bonchev–Trinajstić information content (AvgIpc) is 3.44. The standard InChI is InChI=1S/C13H4N4O9.C13H8O/c18-13-7-1-5(14(19)20)3-9(16(23)24)11(7)12-8(13)2-6(15(21)22)4-10(12)17(25)26;14-13-7-3-6-11-10-5-2-1-4-9(10)8-12(11)13/h1-4H;1-8H. The molecule has 0 spiro atoms. The van der Waals surface area contributed by atoms with E-state index >= 15 is 0 Å². The summed E-state index contributed by atoms with van der Waals surface area (Å²) in [6.07, 6.45) is 7.39. The van der Waals surface area contributed by atoms with E-state index in [1.807, 2.05) is 36.4 Å². The molecule has 0 N–H and O–H groups in total. The summed E-state index contributed by atoms with van der Waals surface area (Å²) in [5.41, 5.74) is -0.995. The zero-order valence-corrected chi connectivity index (χ0v) is 19.8. The van der Waals surface area contributed by atoms with Gasteiger partial charge in [-0.2, -0.15) is 0 Å². The number of hydrogen-bond donors (Lipinski definition) is 0. The van der Waals surface area contributed by atoms with Gasteiger partial charge in [0.15, 0.2) is 11.6 Å². The zero-order chi connectivity index (χ0) is 28.9. The third kappa shape index (κ3) is 4.01. The van der Waals surface area contributed by atoms with Gasteiger partial charge in [-0.15, -0.1) is 0 Å². The molecule has 0 heterocycles. The van der Waals surface area contributed by atoms with Crippen molar-refractivity contribution in [1.82, 2.24) is 0 Å². The van der Waals surface area contributed by atoms with Crippen LogP contribution in [0.25, 0.3) is 22.8 Å². The molecule has 3 aliphatic carbocycles. The van der Waals surface area contributed by atoms with Crippen molar-refractivity contribution < 1.29 is 29.3 Å². The number of allylic oxidation sites excluding steroid dienone is 5. The molecule has 6 rings (SSSR count). The monoisotopic (exact) mass is 540 g/mol. The van der Waals surface area contributed by atoms with Crippen molar-refractivity contribution in [2.24, 2.45) is 0 Å². The zero-order valence-electron chi connectivity index (χ0n) is 19.8. The Morgan fingerprint density at radius 3 is 1.62 bits per heavy atom. The van der Waals surface area contributed by atoms with E-state index in [2.05, 4.69) is 6.07 Å². The van der Waals surface area contributed by atoms with Gasteiger partial charge in [-0.3, -0.25) is 50.0 Å². The van der Waals surface area contributed by atoms with Crippen LogP contribution in [0.5, 0.6) is 0 Å². The molecule has 0 unspecified atom stereocenters. The Morgan fingerprint density at radius 2 is 1.12 bits per heavy atom. The van der Waals surface area contributed by atoms with Crippen LogP contribution in [0.4, 0.5) is 22.7 Å². The van der Waals surface area contributed by atoms with Gasteiger partial charge < -0.3 is 0 Å².